The van der Waals surface area contributed by atoms with E-state index in [1.807, 2.05) is 18.2 Å². The van der Waals surface area contributed by atoms with Crippen LogP contribution >= 0.6 is 0 Å². The molecule has 2 aromatic heterocycles. The fourth-order valence-corrected chi connectivity index (χ4v) is 5.92. The van der Waals surface area contributed by atoms with Crippen LogP contribution in [-0.2, 0) is 16.1 Å². The number of aromatic amines is 1. The van der Waals surface area contributed by atoms with Gasteiger partial charge in [0.05, 0.1) is 19.9 Å². The number of nitrogens with zero attached hydrogens (tertiary/aromatic N) is 2. The molecule has 40 heavy (non-hydrogen) atoms. The molecule has 2 amide bonds. The van der Waals surface area contributed by atoms with E-state index in [1.54, 1.807) is 42.6 Å². The summed E-state index contributed by atoms with van der Waals surface area (Å²) < 4.78 is 10.7. The van der Waals surface area contributed by atoms with Crippen molar-refractivity contribution < 1.29 is 19.1 Å². The van der Waals surface area contributed by atoms with Gasteiger partial charge in [0.25, 0.3) is 0 Å². The lowest BCUT2D eigenvalue weighted by molar-refractivity contribution is -0.135. The van der Waals surface area contributed by atoms with E-state index < -0.39 is 0 Å². The Balaban J connectivity index is 1.34. The van der Waals surface area contributed by atoms with Crippen molar-refractivity contribution in [1.29, 1.82) is 0 Å². The maximum absolute atomic E-state index is 13.8. The van der Waals surface area contributed by atoms with Gasteiger partial charge in [-0.2, -0.15) is 0 Å². The summed E-state index contributed by atoms with van der Waals surface area (Å²) in [4.78, 5) is 36.3. The molecule has 1 saturated carbocycles. The molecule has 5 rings (SSSR count). The number of pyridine rings is 1. The molecule has 0 bridgehead atoms. The van der Waals surface area contributed by atoms with Crippen LogP contribution in [0.1, 0.15) is 43.0 Å². The summed E-state index contributed by atoms with van der Waals surface area (Å²) >= 11 is 0. The summed E-state index contributed by atoms with van der Waals surface area (Å²) in [6.45, 7) is 6.77. The van der Waals surface area contributed by atoms with Crippen molar-refractivity contribution in [2.75, 3.05) is 26.1 Å². The quantitative estimate of drug-likeness (QED) is 0.270. The van der Waals surface area contributed by atoms with E-state index in [9.17, 15) is 9.59 Å². The number of hydrogen-bond donors (Lipinski definition) is 2. The fraction of sp³-hybridized carbons (Fsp3) is 0.344. The zero-order valence-electron chi connectivity index (χ0n) is 23.7. The third-order valence-corrected chi connectivity index (χ3v) is 8.17. The summed E-state index contributed by atoms with van der Waals surface area (Å²) in [5, 5.41) is 4.11. The molecule has 4 aromatic rings. The van der Waals surface area contributed by atoms with Gasteiger partial charge in [-0.25, -0.2) is 0 Å². The topological polar surface area (TPSA) is 96.5 Å². The molecule has 2 heterocycles. The molecule has 0 aliphatic heterocycles. The molecule has 0 unspecified atom stereocenters. The third-order valence-electron chi connectivity index (χ3n) is 8.17. The number of hydrogen-bond acceptors (Lipinski definition) is 5. The first kappa shape index (κ1) is 27.2. The van der Waals surface area contributed by atoms with Crippen LogP contribution < -0.4 is 14.8 Å². The van der Waals surface area contributed by atoms with E-state index >= 15 is 0 Å². The molecule has 0 radical (unpaired) electrons. The van der Waals surface area contributed by atoms with Crippen LogP contribution in [-0.4, -0.2) is 47.4 Å². The minimum absolute atomic E-state index is 0.0376. The summed E-state index contributed by atoms with van der Waals surface area (Å²) in [6, 6.07) is 17.3. The summed E-state index contributed by atoms with van der Waals surface area (Å²) in [5.41, 5.74) is 4.90. The summed E-state index contributed by atoms with van der Waals surface area (Å²) in [6.07, 6.45) is 3.78. The zero-order valence-corrected chi connectivity index (χ0v) is 23.7. The van der Waals surface area contributed by atoms with Crippen molar-refractivity contribution in [3.63, 3.8) is 0 Å². The second kappa shape index (κ2) is 11.0. The number of aromatic nitrogens is 2. The number of amides is 2. The predicted octanol–water partition coefficient (Wildman–Crippen LogP) is 5.69. The smallest absolute Gasteiger partial charge is 0.244 e. The minimum Gasteiger partial charge on any atom is -0.497 e. The van der Waals surface area contributed by atoms with Crippen molar-refractivity contribution in [3.8, 4) is 11.5 Å². The first-order chi connectivity index (χ1) is 19.2. The molecular formula is C32H36N4O4. The van der Waals surface area contributed by atoms with Gasteiger partial charge in [0.1, 0.15) is 18.0 Å². The maximum Gasteiger partial charge on any atom is 0.244 e. The number of para-hydroxylation sites is 1. The molecule has 2 atom stereocenters. The van der Waals surface area contributed by atoms with E-state index in [0.29, 0.717) is 30.2 Å². The summed E-state index contributed by atoms with van der Waals surface area (Å²) in [7, 11) is 3.10. The van der Waals surface area contributed by atoms with Crippen molar-refractivity contribution in [2.24, 2.45) is 11.3 Å². The molecule has 1 aliphatic carbocycles. The van der Waals surface area contributed by atoms with Crippen molar-refractivity contribution in [1.82, 2.24) is 14.9 Å². The number of fused-ring (bicyclic) bond motifs is 1. The lowest BCUT2D eigenvalue weighted by Gasteiger charge is -2.23. The number of nitrogens with one attached hydrogen (secondary N) is 2. The van der Waals surface area contributed by atoms with Gasteiger partial charge in [-0.3, -0.25) is 14.6 Å². The molecule has 8 heteroatoms. The number of carbonyl (C=O) groups excluding carboxylic acids is 2. The van der Waals surface area contributed by atoms with Gasteiger partial charge in [-0.1, -0.05) is 38.1 Å². The van der Waals surface area contributed by atoms with E-state index in [2.05, 4.69) is 54.3 Å². The summed E-state index contributed by atoms with van der Waals surface area (Å²) in [5.74, 6) is 1.16. The zero-order chi connectivity index (χ0) is 28.4. The highest BCUT2D eigenvalue weighted by molar-refractivity contribution is 5.96. The largest absolute Gasteiger partial charge is 0.497 e. The van der Waals surface area contributed by atoms with Crippen LogP contribution in [0.25, 0.3) is 10.9 Å². The first-order valence-electron chi connectivity index (χ1n) is 13.5. The Morgan fingerprint density at radius 2 is 1.88 bits per heavy atom. The number of anilines is 1. The van der Waals surface area contributed by atoms with E-state index in [0.717, 1.165) is 16.8 Å². The number of benzene rings is 2. The Kier molecular flexibility index (Phi) is 7.52. The Hall–Kier alpha value is -4.33. The normalized spacial score (nSPS) is 17.3. The van der Waals surface area contributed by atoms with Crippen LogP contribution in [0.5, 0.6) is 11.5 Å². The lowest BCUT2D eigenvalue weighted by atomic mass is 10.0. The standard InChI is InChI=1S/C32H36N4O4/c1-20-30(23-10-6-7-11-25(23)34-20)31-24(32(31,2)3)16-29(38)36(18-21-9-8-14-33-17-21)19-28(37)35-26-13-12-22(39-4)15-27(26)40-5/h6-15,17,24,31,34H,16,18-19H2,1-5H3,(H,35,37)/t24-,31+/m0/s1. The molecule has 1 aliphatic rings. The van der Waals surface area contributed by atoms with Crippen LogP contribution in [0.3, 0.4) is 0 Å². The van der Waals surface area contributed by atoms with Crippen LogP contribution in [0.2, 0.25) is 0 Å². The molecule has 2 aromatic carbocycles. The van der Waals surface area contributed by atoms with Gasteiger partial charge in [-0.05, 0) is 59.6 Å². The number of ether oxygens (including phenoxy) is 2. The van der Waals surface area contributed by atoms with Gasteiger partial charge in [0.15, 0.2) is 0 Å². The SMILES string of the molecule is COc1ccc(NC(=O)CN(Cc2cccnc2)C(=O)C[C@H]2[C@H](c3c(C)[nH]c4ccccc34)C2(C)C)c(OC)c1. The van der Waals surface area contributed by atoms with Gasteiger partial charge in [0, 0.05) is 48.0 Å². The van der Waals surface area contributed by atoms with Crippen molar-refractivity contribution in [2.45, 2.75) is 39.7 Å². The molecule has 1 fully saturated rings. The second-order valence-corrected chi connectivity index (χ2v) is 11.0. The van der Waals surface area contributed by atoms with Gasteiger partial charge < -0.3 is 24.7 Å². The van der Waals surface area contributed by atoms with E-state index in [4.69, 9.17) is 9.47 Å². The Morgan fingerprint density at radius 1 is 1.07 bits per heavy atom. The lowest BCUT2D eigenvalue weighted by Crippen LogP contribution is -2.38. The average Bonchev–Trinajstić information content (AvgIpc) is 3.29. The maximum atomic E-state index is 13.8. The van der Waals surface area contributed by atoms with E-state index in [1.165, 1.54) is 18.1 Å². The van der Waals surface area contributed by atoms with Crippen molar-refractivity contribution in [3.05, 3.63) is 83.8 Å². The number of methoxy groups -OCH3 is 2. The Morgan fingerprint density at radius 3 is 2.60 bits per heavy atom. The molecule has 0 spiro atoms. The van der Waals surface area contributed by atoms with Gasteiger partial charge in [0.2, 0.25) is 11.8 Å². The Bertz CT molecular complexity index is 1530. The van der Waals surface area contributed by atoms with Gasteiger partial charge >= 0.3 is 0 Å². The highest BCUT2D eigenvalue weighted by atomic mass is 16.5. The molecule has 2 N–H and O–H groups in total. The Labute approximate surface area is 234 Å². The molecular weight excluding hydrogens is 504 g/mol. The van der Waals surface area contributed by atoms with Gasteiger partial charge in [-0.15, -0.1) is 0 Å². The number of H-pyrrole nitrogens is 1. The highest BCUT2D eigenvalue weighted by Gasteiger charge is 2.59. The van der Waals surface area contributed by atoms with Crippen LogP contribution in [0.15, 0.2) is 67.0 Å². The second-order valence-electron chi connectivity index (χ2n) is 11.0. The minimum atomic E-state index is -0.306. The highest BCUT2D eigenvalue weighted by Crippen LogP contribution is 2.67. The predicted molar refractivity (Wildman–Crippen MR) is 155 cm³/mol. The fourth-order valence-electron chi connectivity index (χ4n) is 5.92. The number of rotatable bonds is 10. The van der Waals surface area contributed by atoms with Crippen molar-refractivity contribution >= 4 is 28.4 Å². The van der Waals surface area contributed by atoms with Crippen LogP contribution in [0, 0.1) is 18.3 Å². The third kappa shape index (κ3) is 5.39. The molecule has 8 nitrogen and oxygen atoms in total. The number of aryl methyl sites for hydroxylation is 1. The molecule has 208 valence electrons. The first-order valence-corrected chi connectivity index (χ1v) is 13.5. The monoisotopic (exact) mass is 540 g/mol. The van der Waals surface area contributed by atoms with E-state index in [-0.39, 0.29) is 35.6 Å². The number of carbonyl (C=O) groups is 2. The van der Waals surface area contributed by atoms with Crippen LogP contribution in [0.4, 0.5) is 5.69 Å². The molecule has 0 saturated heterocycles. The average molecular weight is 541 g/mol.